The van der Waals surface area contributed by atoms with E-state index >= 15 is 0 Å². The summed E-state index contributed by atoms with van der Waals surface area (Å²) in [6.07, 6.45) is 0.627. The molecule has 1 atom stereocenters. The molecule has 0 radical (unpaired) electrons. The van der Waals surface area contributed by atoms with Crippen molar-refractivity contribution in [1.82, 2.24) is 0 Å². The predicted octanol–water partition coefficient (Wildman–Crippen LogP) is 5.93. The first kappa shape index (κ1) is 21.6. The van der Waals surface area contributed by atoms with Crippen LogP contribution in [0.5, 0.6) is 23.0 Å². The maximum atomic E-state index is 10.7. The summed E-state index contributed by atoms with van der Waals surface area (Å²) in [5, 5.41) is 19.9. The Labute approximate surface area is 198 Å². The zero-order chi connectivity index (χ0) is 23.7. The third-order valence-electron chi connectivity index (χ3n) is 6.26. The van der Waals surface area contributed by atoms with Gasteiger partial charge in [0, 0.05) is 23.4 Å². The number of fused-ring (bicyclic) bond motifs is 1. The predicted molar refractivity (Wildman–Crippen MR) is 135 cm³/mol. The van der Waals surface area contributed by atoms with Crippen molar-refractivity contribution < 1.29 is 19.3 Å². The van der Waals surface area contributed by atoms with Gasteiger partial charge in [0.05, 0.1) is 38.8 Å². The molecule has 4 aromatic carbocycles. The first-order valence-corrected chi connectivity index (χ1v) is 11.1. The Morgan fingerprint density at radius 1 is 0.794 bits per heavy atom. The molecule has 6 heteroatoms. The molecular weight excluding hydrogens is 428 g/mol. The van der Waals surface area contributed by atoms with Crippen LogP contribution in [-0.2, 0) is 0 Å². The van der Waals surface area contributed by atoms with Gasteiger partial charge in [-0.25, -0.2) is 0 Å². The van der Waals surface area contributed by atoms with Crippen LogP contribution in [0.25, 0.3) is 10.8 Å². The van der Waals surface area contributed by atoms with Crippen LogP contribution in [0.15, 0.2) is 84.0 Å². The van der Waals surface area contributed by atoms with Crippen molar-refractivity contribution in [2.24, 2.45) is 5.10 Å². The number of phenols is 1. The molecule has 0 saturated heterocycles. The Morgan fingerprint density at radius 3 is 2.18 bits per heavy atom. The van der Waals surface area contributed by atoms with E-state index in [0.29, 0.717) is 17.7 Å². The molecule has 34 heavy (non-hydrogen) atoms. The summed E-state index contributed by atoms with van der Waals surface area (Å²) in [6, 6.07) is 25.4. The molecule has 1 heterocycles. The molecular formula is C28H26N2O4. The molecule has 0 bridgehead atoms. The van der Waals surface area contributed by atoms with Crippen molar-refractivity contribution in [2.75, 3.05) is 26.3 Å². The van der Waals surface area contributed by atoms with E-state index in [1.807, 2.05) is 59.6 Å². The molecule has 0 spiro atoms. The van der Waals surface area contributed by atoms with Gasteiger partial charge in [-0.05, 0) is 53.4 Å². The van der Waals surface area contributed by atoms with Crippen LogP contribution in [-0.4, -0.2) is 32.1 Å². The highest BCUT2D eigenvalue weighted by Gasteiger charge is 2.32. The van der Waals surface area contributed by atoms with Crippen LogP contribution in [0.2, 0.25) is 0 Å². The van der Waals surface area contributed by atoms with Gasteiger partial charge in [-0.15, -0.1) is 0 Å². The Hall–Kier alpha value is -4.19. The molecule has 1 unspecified atom stereocenters. The number of benzene rings is 4. The summed E-state index contributed by atoms with van der Waals surface area (Å²) in [7, 11) is 4.92. The van der Waals surface area contributed by atoms with Crippen LogP contribution in [0, 0.1) is 0 Å². The Balaban J connectivity index is 1.63. The molecule has 0 fully saturated rings. The highest BCUT2D eigenvalue weighted by atomic mass is 16.5. The maximum Gasteiger partial charge on any atom is 0.128 e. The number of phenolic OH excluding ortho intramolecular Hbond substituents is 1. The second kappa shape index (κ2) is 8.98. The SMILES string of the molecule is COc1ccc(N2N=C(c3ccc(OC)cc3O)CC2c2ccc(OC)c3ccccc23)cc1. The zero-order valence-corrected chi connectivity index (χ0v) is 19.4. The molecule has 172 valence electrons. The number of nitrogens with zero attached hydrogens (tertiary/aromatic N) is 2. The van der Waals surface area contributed by atoms with Gasteiger partial charge < -0.3 is 19.3 Å². The van der Waals surface area contributed by atoms with E-state index in [4.69, 9.17) is 19.3 Å². The van der Waals surface area contributed by atoms with Gasteiger partial charge in [-0.2, -0.15) is 5.10 Å². The van der Waals surface area contributed by atoms with Crippen LogP contribution in [0.4, 0.5) is 5.69 Å². The Morgan fingerprint density at radius 2 is 1.50 bits per heavy atom. The normalized spacial score (nSPS) is 15.3. The Kier molecular flexibility index (Phi) is 5.72. The second-order valence-corrected chi connectivity index (χ2v) is 8.09. The number of hydrogen-bond donors (Lipinski definition) is 1. The van der Waals surface area contributed by atoms with E-state index in [1.165, 1.54) is 0 Å². The van der Waals surface area contributed by atoms with E-state index in [9.17, 15) is 5.11 Å². The lowest BCUT2D eigenvalue weighted by atomic mass is 9.93. The lowest BCUT2D eigenvalue weighted by Gasteiger charge is -2.25. The third kappa shape index (κ3) is 3.77. The van der Waals surface area contributed by atoms with Gasteiger partial charge in [0.25, 0.3) is 0 Å². The number of methoxy groups -OCH3 is 3. The van der Waals surface area contributed by atoms with Crippen molar-refractivity contribution >= 4 is 22.2 Å². The maximum absolute atomic E-state index is 10.7. The number of hydrazone groups is 1. The monoisotopic (exact) mass is 454 g/mol. The summed E-state index contributed by atoms with van der Waals surface area (Å²) >= 11 is 0. The summed E-state index contributed by atoms with van der Waals surface area (Å²) in [5.74, 6) is 2.37. The van der Waals surface area contributed by atoms with Crippen LogP contribution < -0.4 is 19.2 Å². The fourth-order valence-electron chi connectivity index (χ4n) is 4.53. The molecule has 0 saturated carbocycles. The standard InChI is InChI=1S/C28H26N2O4/c1-32-19-10-8-18(9-11-19)30-26(17-25(29-30)24-13-12-20(33-2)16-27(24)31)22-14-15-28(34-3)23-7-5-4-6-21(22)23/h4-16,26,31H,17H2,1-3H3. The minimum atomic E-state index is -0.0688. The number of anilines is 1. The van der Waals surface area contributed by atoms with E-state index in [2.05, 4.69) is 18.2 Å². The van der Waals surface area contributed by atoms with E-state index in [0.717, 1.165) is 39.2 Å². The van der Waals surface area contributed by atoms with E-state index in [-0.39, 0.29) is 11.8 Å². The summed E-state index contributed by atoms with van der Waals surface area (Å²) in [6.45, 7) is 0. The highest BCUT2D eigenvalue weighted by molar-refractivity contribution is 6.06. The molecule has 1 aliphatic rings. The number of aromatic hydroxyl groups is 1. The van der Waals surface area contributed by atoms with Gasteiger partial charge in [0.1, 0.15) is 23.0 Å². The summed E-state index contributed by atoms with van der Waals surface area (Å²) in [5.41, 5.74) is 3.58. The molecule has 5 rings (SSSR count). The van der Waals surface area contributed by atoms with Gasteiger partial charge in [0.15, 0.2) is 0 Å². The molecule has 0 aliphatic carbocycles. The lowest BCUT2D eigenvalue weighted by Crippen LogP contribution is -2.18. The van der Waals surface area contributed by atoms with Gasteiger partial charge in [0.2, 0.25) is 0 Å². The van der Waals surface area contributed by atoms with Crippen molar-refractivity contribution in [3.63, 3.8) is 0 Å². The van der Waals surface area contributed by atoms with Crippen LogP contribution in [0.1, 0.15) is 23.6 Å². The first-order chi connectivity index (χ1) is 16.6. The summed E-state index contributed by atoms with van der Waals surface area (Å²) in [4.78, 5) is 0. The quantitative estimate of drug-likeness (QED) is 0.391. The van der Waals surface area contributed by atoms with Gasteiger partial charge in [-0.1, -0.05) is 30.3 Å². The first-order valence-electron chi connectivity index (χ1n) is 11.1. The average molecular weight is 455 g/mol. The molecule has 1 N–H and O–H groups in total. The molecule has 6 nitrogen and oxygen atoms in total. The van der Waals surface area contributed by atoms with Crippen molar-refractivity contribution in [2.45, 2.75) is 12.5 Å². The van der Waals surface area contributed by atoms with Crippen LogP contribution >= 0.6 is 0 Å². The van der Waals surface area contributed by atoms with E-state index < -0.39 is 0 Å². The van der Waals surface area contributed by atoms with Crippen LogP contribution in [0.3, 0.4) is 0 Å². The fourth-order valence-corrected chi connectivity index (χ4v) is 4.53. The smallest absolute Gasteiger partial charge is 0.128 e. The minimum Gasteiger partial charge on any atom is -0.507 e. The largest absolute Gasteiger partial charge is 0.507 e. The molecule has 0 amide bonds. The van der Waals surface area contributed by atoms with Gasteiger partial charge >= 0.3 is 0 Å². The number of ether oxygens (including phenoxy) is 3. The lowest BCUT2D eigenvalue weighted by molar-refractivity contribution is 0.407. The molecule has 4 aromatic rings. The zero-order valence-electron chi connectivity index (χ0n) is 19.4. The van der Waals surface area contributed by atoms with Gasteiger partial charge in [-0.3, -0.25) is 5.01 Å². The highest BCUT2D eigenvalue weighted by Crippen LogP contribution is 2.42. The number of rotatable bonds is 6. The topological polar surface area (TPSA) is 63.5 Å². The average Bonchev–Trinajstić information content (AvgIpc) is 3.32. The third-order valence-corrected chi connectivity index (χ3v) is 6.26. The summed E-state index contributed by atoms with van der Waals surface area (Å²) < 4.78 is 16.2. The molecule has 0 aromatic heterocycles. The number of hydrogen-bond acceptors (Lipinski definition) is 6. The van der Waals surface area contributed by atoms with Crippen molar-refractivity contribution in [3.05, 3.63) is 90.0 Å². The van der Waals surface area contributed by atoms with E-state index in [1.54, 1.807) is 27.4 Å². The van der Waals surface area contributed by atoms with Crippen molar-refractivity contribution in [3.8, 4) is 23.0 Å². The molecule has 1 aliphatic heterocycles. The second-order valence-electron chi connectivity index (χ2n) is 8.09. The minimum absolute atomic E-state index is 0.0688. The van der Waals surface area contributed by atoms with Crippen molar-refractivity contribution in [1.29, 1.82) is 0 Å². The fraction of sp³-hybridized carbons (Fsp3) is 0.179. The Bertz CT molecular complexity index is 1360.